The van der Waals surface area contributed by atoms with Gasteiger partial charge in [0.25, 0.3) is 0 Å². The van der Waals surface area contributed by atoms with Crippen LogP contribution in [0.4, 0.5) is 14.9 Å². The molecule has 166 valence electrons. The maximum absolute atomic E-state index is 13.8. The fourth-order valence-corrected chi connectivity index (χ4v) is 3.94. The van der Waals surface area contributed by atoms with Crippen molar-refractivity contribution >= 4 is 29.3 Å². The molecular weight excluding hydrogens is 439 g/mol. The van der Waals surface area contributed by atoms with E-state index in [2.05, 4.69) is 15.3 Å². The lowest BCUT2D eigenvalue weighted by Gasteiger charge is -2.35. The third kappa shape index (κ3) is 3.99. The summed E-state index contributed by atoms with van der Waals surface area (Å²) < 4.78 is 23.8. The number of hydrogen-bond acceptors (Lipinski definition) is 5. The number of imidazole rings is 1. The first-order valence-electron chi connectivity index (χ1n) is 9.74. The minimum Gasteiger partial charge on any atom is -0.495 e. The Bertz CT molecular complexity index is 1180. The molecule has 0 saturated carbocycles. The highest BCUT2D eigenvalue weighted by molar-refractivity contribution is 6.30. The van der Waals surface area contributed by atoms with Gasteiger partial charge in [0, 0.05) is 18.7 Å². The summed E-state index contributed by atoms with van der Waals surface area (Å²) in [6.07, 6.45) is 2.13. The molecule has 10 heteroatoms. The molecule has 0 aliphatic carbocycles. The molecule has 1 atom stereocenters. The summed E-state index contributed by atoms with van der Waals surface area (Å²) in [6.45, 7) is 0.375. The van der Waals surface area contributed by atoms with Crippen molar-refractivity contribution < 1.29 is 23.5 Å². The average molecular weight is 459 g/mol. The molecule has 2 heterocycles. The smallest absolute Gasteiger partial charge is 0.337 e. The minimum absolute atomic E-state index is 0.0436. The van der Waals surface area contributed by atoms with Crippen molar-refractivity contribution in [1.29, 1.82) is 0 Å². The van der Waals surface area contributed by atoms with Crippen LogP contribution in [0, 0.1) is 5.82 Å². The van der Waals surface area contributed by atoms with Gasteiger partial charge in [-0.25, -0.2) is 19.0 Å². The van der Waals surface area contributed by atoms with E-state index in [0.717, 1.165) is 5.69 Å². The third-order valence-corrected chi connectivity index (χ3v) is 5.60. The Morgan fingerprint density at radius 2 is 2.06 bits per heavy atom. The van der Waals surface area contributed by atoms with Gasteiger partial charge < -0.3 is 24.7 Å². The van der Waals surface area contributed by atoms with E-state index in [-0.39, 0.29) is 10.6 Å². The number of methoxy groups -OCH3 is 2. The van der Waals surface area contributed by atoms with Gasteiger partial charge in [-0.2, -0.15) is 0 Å². The normalized spacial score (nSPS) is 15.1. The van der Waals surface area contributed by atoms with Crippen LogP contribution < -0.4 is 10.1 Å². The Hall–Kier alpha value is -3.59. The molecule has 1 aromatic heterocycles. The van der Waals surface area contributed by atoms with Crippen molar-refractivity contribution in [3.8, 4) is 5.75 Å². The predicted octanol–water partition coefficient (Wildman–Crippen LogP) is 4.18. The highest BCUT2D eigenvalue weighted by Crippen LogP contribution is 2.36. The van der Waals surface area contributed by atoms with E-state index in [0.29, 0.717) is 35.7 Å². The second kappa shape index (κ2) is 8.88. The fourth-order valence-electron chi connectivity index (χ4n) is 3.75. The van der Waals surface area contributed by atoms with Crippen molar-refractivity contribution in [2.45, 2.75) is 12.5 Å². The molecule has 1 aliphatic rings. The van der Waals surface area contributed by atoms with Gasteiger partial charge in [0.2, 0.25) is 0 Å². The van der Waals surface area contributed by atoms with Gasteiger partial charge in [0.15, 0.2) is 0 Å². The lowest BCUT2D eigenvalue weighted by molar-refractivity contribution is 0.0600. The zero-order chi connectivity index (χ0) is 22.8. The fraction of sp³-hybridized carbons (Fsp3) is 0.227. The summed E-state index contributed by atoms with van der Waals surface area (Å²) in [4.78, 5) is 34.3. The number of aromatic amines is 1. The van der Waals surface area contributed by atoms with Gasteiger partial charge in [-0.1, -0.05) is 17.7 Å². The van der Waals surface area contributed by atoms with E-state index in [9.17, 15) is 14.0 Å². The number of H-pyrrole nitrogens is 1. The molecule has 0 fully saturated rings. The van der Waals surface area contributed by atoms with Crippen LogP contribution in [0.2, 0.25) is 5.02 Å². The molecule has 2 amide bonds. The molecule has 8 nitrogen and oxygen atoms in total. The van der Waals surface area contributed by atoms with Crippen LogP contribution in [0.1, 0.15) is 33.4 Å². The van der Waals surface area contributed by atoms with Gasteiger partial charge in [-0.15, -0.1) is 0 Å². The van der Waals surface area contributed by atoms with Crippen LogP contribution in [-0.2, 0) is 11.2 Å². The first-order valence-corrected chi connectivity index (χ1v) is 10.1. The Kier molecular flexibility index (Phi) is 6.00. The van der Waals surface area contributed by atoms with Crippen molar-refractivity contribution in [2.24, 2.45) is 0 Å². The number of aromatic nitrogens is 2. The number of ether oxygens (including phenoxy) is 2. The maximum Gasteiger partial charge on any atom is 0.337 e. The van der Waals surface area contributed by atoms with Crippen molar-refractivity contribution in [3.63, 3.8) is 0 Å². The number of nitrogens with one attached hydrogen (secondary N) is 2. The van der Waals surface area contributed by atoms with E-state index in [4.69, 9.17) is 21.1 Å². The van der Waals surface area contributed by atoms with Gasteiger partial charge in [0.1, 0.15) is 17.6 Å². The molecule has 0 spiro atoms. The highest BCUT2D eigenvalue weighted by Gasteiger charge is 2.35. The molecule has 1 aliphatic heterocycles. The van der Waals surface area contributed by atoms with Crippen LogP contribution in [0.15, 0.2) is 42.7 Å². The van der Waals surface area contributed by atoms with Crippen molar-refractivity contribution in [2.75, 3.05) is 26.1 Å². The Balaban J connectivity index is 1.69. The van der Waals surface area contributed by atoms with Crippen molar-refractivity contribution in [1.82, 2.24) is 14.9 Å². The van der Waals surface area contributed by atoms with Gasteiger partial charge in [-0.3, -0.25) is 0 Å². The maximum atomic E-state index is 13.8. The van der Waals surface area contributed by atoms with Gasteiger partial charge in [0.05, 0.1) is 42.5 Å². The van der Waals surface area contributed by atoms with Crippen molar-refractivity contribution in [3.05, 3.63) is 76.1 Å². The Labute approximate surface area is 188 Å². The van der Waals surface area contributed by atoms with E-state index in [1.165, 1.54) is 32.4 Å². The number of benzene rings is 2. The monoisotopic (exact) mass is 458 g/mol. The number of carbonyl (C=O) groups is 2. The molecule has 2 aromatic carbocycles. The molecular formula is C22H20ClFN4O4. The number of fused-ring (bicyclic) bond motifs is 1. The number of nitrogens with zero attached hydrogens (tertiary/aromatic N) is 2. The minimum atomic E-state index is -0.585. The number of esters is 1. The molecule has 4 rings (SSSR count). The lowest BCUT2D eigenvalue weighted by atomic mass is 9.96. The lowest BCUT2D eigenvalue weighted by Crippen LogP contribution is -2.43. The van der Waals surface area contributed by atoms with Crippen LogP contribution in [0.3, 0.4) is 0 Å². The van der Waals surface area contributed by atoms with Crippen LogP contribution in [0.25, 0.3) is 0 Å². The van der Waals surface area contributed by atoms with E-state index >= 15 is 0 Å². The summed E-state index contributed by atoms with van der Waals surface area (Å²) in [7, 11) is 2.74. The molecule has 3 aromatic rings. The van der Waals surface area contributed by atoms with Crippen LogP contribution in [-0.4, -0.2) is 47.6 Å². The molecule has 0 bridgehead atoms. The largest absolute Gasteiger partial charge is 0.495 e. The third-order valence-electron chi connectivity index (χ3n) is 5.31. The van der Waals surface area contributed by atoms with E-state index in [1.807, 2.05) is 0 Å². The molecule has 2 N–H and O–H groups in total. The number of urea groups is 1. The predicted molar refractivity (Wildman–Crippen MR) is 116 cm³/mol. The highest BCUT2D eigenvalue weighted by atomic mass is 35.5. The number of rotatable bonds is 4. The van der Waals surface area contributed by atoms with E-state index < -0.39 is 23.9 Å². The number of halogens is 2. The number of amides is 2. The van der Waals surface area contributed by atoms with Gasteiger partial charge in [-0.05, 0) is 35.9 Å². The summed E-state index contributed by atoms with van der Waals surface area (Å²) in [5.41, 5.74) is 2.74. The number of anilines is 1. The zero-order valence-corrected chi connectivity index (χ0v) is 18.1. The topological polar surface area (TPSA) is 96.5 Å². The molecule has 32 heavy (non-hydrogen) atoms. The summed E-state index contributed by atoms with van der Waals surface area (Å²) in [5.74, 6) is -0.709. The SMILES string of the molecule is COC(=O)c1ccc(OC)c(NC(=O)N2CCc3[nH]cnc3[C@@H]2c2ccc(F)c(Cl)c2)c1. The number of hydrogen-bond donors (Lipinski definition) is 2. The van der Waals surface area contributed by atoms with E-state index in [1.54, 1.807) is 29.4 Å². The van der Waals surface area contributed by atoms with Crippen LogP contribution in [0.5, 0.6) is 5.75 Å². The molecule has 0 saturated heterocycles. The summed E-state index contributed by atoms with van der Waals surface area (Å²) >= 11 is 6.01. The summed E-state index contributed by atoms with van der Waals surface area (Å²) in [5, 5.41) is 2.76. The second-order valence-corrected chi connectivity index (χ2v) is 7.53. The average Bonchev–Trinajstić information content (AvgIpc) is 3.28. The zero-order valence-electron chi connectivity index (χ0n) is 17.3. The quantitative estimate of drug-likeness (QED) is 0.572. The standard InChI is InChI=1S/C22H20ClFN4O4/c1-31-18-6-4-13(21(29)32-2)10-17(18)27-22(30)28-8-7-16-19(26-11-25-16)20(28)12-3-5-15(24)14(23)9-12/h3-6,9-11,20H,7-8H2,1-2H3,(H,25,26)(H,27,30)/t20-/m0/s1. The first kappa shape index (κ1) is 21.6. The Morgan fingerprint density at radius 3 is 2.78 bits per heavy atom. The summed E-state index contributed by atoms with van der Waals surface area (Å²) in [6, 6.07) is 7.90. The van der Waals surface area contributed by atoms with Crippen LogP contribution >= 0.6 is 11.6 Å². The second-order valence-electron chi connectivity index (χ2n) is 7.12. The molecule has 0 radical (unpaired) electrons. The van der Waals surface area contributed by atoms with Gasteiger partial charge >= 0.3 is 12.0 Å². The number of carbonyl (C=O) groups excluding carboxylic acids is 2. The Morgan fingerprint density at radius 1 is 1.25 bits per heavy atom. The first-order chi connectivity index (χ1) is 15.4. The molecule has 0 unspecified atom stereocenters.